The number of hydrogen-bond acceptors (Lipinski definition) is 6. The summed E-state index contributed by atoms with van der Waals surface area (Å²) < 4.78 is 37.0. The number of carbonyl (C=O) groups is 2. The van der Waals surface area contributed by atoms with Gasteiger partial charge in [0.05, 0.1) is 23.2 Å². The third-order valence-electron chi connectivity index (χ3n) is 4.87. The van der Waals surface area contributed by atoms with Crippen molar-refractivity contribution in [1.82, 2.24) is 0 Å². The summed E-state index contributed by atoms with van der Waals surface area (Å²) in [5.74, 6) is -1.96. The molecule has 2 aromatic carbocycles. The molecule has 0 fully saturated rings. The number of rotatable bonds is 10. The maximum absolute atomic E-state index is 13.4. The summed E-state index contributed by atoms with van der Waals surface area (Å²) in [7, 11) is -2.52. The Morgan fingerprint density at radius 3 is 2.03 bits per heavy atom. The van der Waals surface area contributed by atoms with Crippen LogP contribution in [0.5, 0.6) is 5.75 Å². The average Bonchev–Trinajstić information content (AvgIpc) is 2.73. The summed E-state index contributed by atoms with van der Waals surface area (Å²) in [5.41, 5.74) is 0. The molecular formula is C23H28O6S. The summed E-state index contributed by atoms with van der Waals surface area (Å²) >= 11 is 0. The number of esters is 2. The molecule has 0 aliphatic carbocycles. The van der Waals surface area contributed by atoms with Gasteiger partial charge in [-0.2, -0.15) is 0 Å². The Morgan fingerprint density at radius 2 is 1.50 bits per heavy atom. The number of methoxy groups -OCH3 is 1. The van der Waals surface area contributed by atoms with Crippen LogP contribution in [0.25, 0.3) is 0 Å². The molecule has 0 saturated carbocycles. The van der Waals surface area contributed by atoms with E-state index in [-0.39, 0.29) is 23.7 Å². The second kappa shape index (κ2) is 10.9. The van der Waals surface area contributed by atoms with Crippen LogP contribution >= 0.6 is 0 Å². The number of sulfone groups is 1. The summed E-state index contributed by atoms with van der Waals surface area (Å²) in [6, 6.07) is 16.6. The zero-order chi connectivity index (χ0) is 22.1. The van der Waals surface area contributed by atoms with Crippen molar-refractivity contribution < 1.29 is 27.5 Å². The van der Waals surface area contributed by atoms with Gasteiger partial charge in [0, 0.05) is 6.42 Å². The maximum atomic E-state index is 13.4. The first-order chi connectivity index (χ1) is 14.3. The number of hydrogen-bond donors (Lipinski definition) is 0. The van der Waals surface area contributed by atoms with Gasteiger partial charge >= 0.3 is 11.9 Å². The van der Waals surface area contributed by atoms with Crippen LogP contribution in [-0.2, 0) is 24.2 Å². The molecule has 2 atom stereocenters. The van der Waals surface area contributed by atoms with E-state index in [1.54, 1.807) is 62.4 Å². The molecule has 0 bridgehead atoms. The molecule has 0 amide bonds. The first-order valence-electron chi connectivity index (χ1n) is 9.90. The molecule has 0 spiro atoms. The maximum Gasteiger partial charge on any atom is 0.315 e. The highest BCUT2D eigenvalue weighted by Crippen LogP contribution is 2.32. The molecule has 2 aromatic rings. The third kappa shape index (κ3) is 6.16. The molecule has 0 aromatic heterocycles. The zero-order valence-electron chi connectivity index (χ0n) is 17.5. The smallest absolute Gasteiger partial charge is 0.315 e. The minimum Gasteiger partial charge on any atom is -0.469 e. The van der Waals surface area contributed by atoms with Gasteiger partial charge in [0.1, 0.15) is 5.75 Å². The van der Waals surface area contributed by atoms with E-state index in [9.17, 15) is 18.0 Å². The topological polar surface area (TPSA) is 86.7 Å². The molecule has 0 aliphatic rings. The van der Waals surface area contributed by atoms with Crippen molar-refractivity contribution in [1.29, 1.82) is 0 Å². The minimum absolute atomic E-state index is 0.0990. The van der Waals surface area contributed by atoms with E-state index in [1.807, 2.05) is 0 Å². The van der Waals surface area contributed by atoms with E-state index in [2.05, 4.69) is 4.74 Å². The Balaban J connectivity index is 2.37. The molecular weight excluding hydrogens is 404 g/mol. The van der Waals surface area contributed by atoms with E-state index < -0.39 is 32.9 Å². The summed E-state index contributed by atoms with van der Waals surface area (Å²) in [4.78, 5) is 24.8. The normalized spacial score (nSPS) is 13.5. The number of ether oxygens (including phenoxy) is 2. The largest absolute Gasteiger partial charge is 0.469 e. The molecule has 0 radical (unpaired) electrons. The van der Waals surface area contributed by atoms with Gasteiger partial charge in [0.25, 0.3) is 0 Å². The van der Waals surface area contributed by atoms with Crippen molar-refractivity contribution in [3.8, 4) is 5.75 Å². The summed E-state index contributed by atoms with van der Waals surface area (Å²) in [6.07, 6.45) is 0.603. The van der Waals surface area contributed by atoms with Crippen molar-refractivity contribution in [2.45, 2.75) is 43.3 Å². The van der Waals surface area contributed by atoms with E-state index in [4.69, 9.17) is 4.74 Å². The van der Waals surface area contributed by atoms with Crippen LogP contribution in [0, 0.1) is 11.8 Å². The lowest BCUT2D eigenvalue weighted by Crippen LogP contribution is -2.41. The molecule has 0 saturated heterocycles. The van der Waals surface area contributed by atoms with E-state index in [1.165, 1.54) is 19.2 Å². The molecule has 0 aliphatic heterocycles. The van der Waals surface area contributed by atoms with Gasteiger partial charge in [-0.1, -0.05) is 50.2 Å². The van der Waals surface area contributed by atoms with Crippen molar-refractivity contribution in [3.05, 3.63) is 60.7 Å². The molecule has 0 N–H and O–H groups in total. The zero-order valence-corrected chi connectivity index (χ0v) is 18.3. The summed E-state index contributed by atoms with van der Waals surface area (Å²) in [6.45, 7) is 3.54. The van der Waals surface area contributed by atoms with Gasteiger partial charge in [0.2, 0.25) is 0 Å². The van der Waals surface area contributed by atoms with Crippen LogP contribution in [-0.4, -0.2) is 32.7 Å². The average molecular weight is 433 g/mol. The monoisotopic (exact) mass is 432 g/mol. The number of para-hydroxylation sites is 1. The minimum atomic E-state index is -3.81. The van der Waals surface area contributed by atoms with Gasteiger partial charge in [-0.15, -0.1) is 0 Å². The third-order valence-corrected chi connectivity index (χ3v) is 7.39. The molecule has 162 valence electrons. The van der Waals surface area contributed by atoms with Crippen molar-refractivity contribution in [3.63, 3.8) is 0 Å². The van der Waals surface area contributed by atoms with Gasteiger partial charge < -0.3 is 9.47 Å². The van der Waals surface area contributed by atoms with Crippen molar-refractivity contribution in [2.24, 2.45) is 11.8 Å². The standard InChI is InChI=1S/C23H28O6S/c1-17(2)22(30(26,27)19-13-8-5-9-14-19)20(15-10-16-21(24)28-3)23(25)29-18-11-6-4-7-12-18/h4-9,11-14,17,20,22H,10,15-16H2,1-3H3/t20-,22-/m1/s1. The van der Waals surface area contributed by atoms with Crippen LogP contribution in [0.1, 0.15) is 33.1 Å². The van der Waals surface area contributed by atoms with Gasteiger partial charge in [-0.3, -0.25) is 9.59 Å². The van der Waals surface area contributed by atoms with Crippen LogP contribution in [0.3, 0.4) is 0 Å². The lowest BCUT2D eigenvalue weighted by atomic mass is 9.91. The Hall–Kier alpha value is -2.67. The van der Waals surface area contributed by atoms with Crippen LogP contribution in [0.15, 0.2) is 65.6 Å². The fourth-order valence-electron chi connectivity index (χ4n) is 3.47. The van der Waals surface area contributed by atoms with Crippen molar-refractivity contribution >= 4 is 21.8 Å². The van der Waals surface area contributed by atoms with Crippen LogP contribution < -0.4 is 4.74 Å². The molecule has 7 heteroatoms. The van der Waals surface area contributed by atoms with Gasteiger partial charge in [0.15, 0.2) is 9.84 Å². The van der Waals surface area contributed by atoms with Crippen molar-refractivity contribution in [2.75, 3.05) is 7.11 Å². The Bertz CT molecular complexity index is 923. The fourth-order valence-corrected chi connectivity index (χ4v) is 5.72. The Morgan fingerprint density at radius 1 is 0.933 bits per heavy atom. The van der Waals surface area contributed by atoms with Gasteiger partial charge in [-0.25, -0.2) is 8.42 Å². The van der Waals surface area contributed by atoms with E-state index >= 15 is 0 Å². The predicted octanol–water partition coefficient (Wildman–Crippen LogP) is 4.05. The Labute approximate surface area is 178 Å². The SMILES string of the molecule is COC(=O)CCC[C@@H](C(=O)Oc1ccccc1)[C@@H](C(C)C)S(=O)(=O)c1ccccc1. The molecule has 6 nitrogen and oxygen atoms in total. The van der Waals surface area contributed by atoms with E-state index in [0.29, 0.717) is 12.2 Å². The Kier molecular flexibility index (Phi) is 8.59. The van der Waals surface area contributed by atoms with Crippen LogP contribution in [0.2, 0.25) is 0 Å². The van der Waals surface area contributed by atoms with E-state index in [0.717, 1.165) is 0 Å². The van der Waals surface area contributed by atoms with Crippen LogP contribution in [0.4, 0.5) is 0 Å². The highest BCUT2D eigenvalue weighted by molar-refractivity contribution is 7.92. The number of carbonyl (C=O) groups excluding carboxylic acids is 2. The fraction of sp³-hybridized carbons (Fsp3) is 0.391. The number of benzene rings is 2. The molecule has 0 heterocycles. The highest BCUT2D eigenvalue weighted by Gasteiger charge is 2.41. The predicted molar refractivity (Wildman–Crippen MR) is 114 cm³/mol. The highest BCUT2D eigenvalue weighted by atomic mass is 32.2. The summed E-state index contributed by atoms with van der Waals surface area (Å²) in [5, 5.41) is -0.992. The first kappa shape index (κ1) is 23.6. The van der Waals surface area contributed by atoms with Gasteiger partial charge in [-0.05, 0) is 43.0 Å². The molecule has 0 unspecified atom stereocenters. The lowest BCUT2D eigenvalue weighted by molar-refractivity contribution is -0.142. The lowest BCUT2D eigenvalue weighted by Gasteiger charge is -2.28. The first-order valence-corrected chi connectivity index (χ1v) is 11.4. The second-order valence-corrected chi connectivity index (χ2v) is 9.48. The quantitative estimate of drug-likeness (QED) is 0.416. The second-order valence-electron chi connectivity index (χ2n) is 7.38. The molecule has 2 rings (SSSR count). The molecule has 30 heavy (non-hydrogen) atoms.